The lowest BCUT2D eigenvalue weighted by molar-refractivity contribution is -0.117. The number of hydrogen-bond acceptors (Lipinski definition) is 3. The molecule has 0 fully saturated rings. The average Bonchev–Trinajstić information content (AvgIpc) is 2.51. The summed E-state index contributed by atoms with van der Waals surface area (Å²) >= 11 is 0. The van der Waals surface area contributed by atoms with Gasteiger partial charge in [-0.2, -0.15) is 0 Å². The molecule has 2 aromatic carbocycles. The second-order valence-corrected chi connectivity index (χ2v) is 6.11. The van der Waals surface area contributed by atoms with E-state index < -0.39 is 0 Å². The summed E-state index contributed by atoms with van der Waals surface area (Å²) in [7, 11) is 0. The summed E-state index contributed by atoms with van der Waals surface area (Å²) in [6.45, 7) is 7.26. The van der Waals surface area contributed by atoms with Crippen LogP contribution < -0.4 is 11.1 Å². The van der Waals surface area contributed by atoms with Crippen LogP contribution in [0.25, 0.3) is 0 Å². The van der Waals surface area contributed by atoms with Crippen molar-refractivity contribution in [3.05, 3.63) is 59.7 Å². The molecule has 4 nitrogen and oxygen atoms in total. The molecule has 3 N–H and O–H groups in total. The summed E-state index contributed by atoms with van der Waals surface area (Å²) in [5.74, 6) is -0.0247. The number of rotatable bonds is 6. The second kappa shape index (κ2) is 7.79. The molecule has 2 rings (SSSR count). The van der Waals surface area contributed by atoms with Crippen molar-refractivity contribution in [3.8, 4) is 0 Å². The Kier molecular flexibility index (Phi) is 5.77. The molecule has 122 valence electrons. The largest absolute Gasteiger partial charge is 0.399 e. The van der Waals surface area contributed by atoms with Gasteiger partial charge in [-0.3, -0.25) is 9.69 Å². The van der Waals surface area contributed by atoms with Crippen molar-refractivity contribution >= 4 is 17.3 Å². The van der Waals surface area contributed by atoms with Gasteiger partial charge in [0.1, 0.15) is 0 Å². The first kappa shape index (κ1) is 17.0. The molecule has 0 bridgehead atoms. The average molecular weight is 311 g/mol. The fourth-order valence-corrected chi connectivity index (χ4v) is 2.39. The van der Waals surface area contributed by atoms with Crippen molar-refractivity contribution < 1.29 is 4.79 Å². The number of nitrogen functional groups attached to an aromatic ring is 1. The van der Waals surface area contributed by atoms with Crippen LogP contribution in [0.5, 0.6) is 0 Å². The molecule has 23 heavy (non-hydrogen) atoms. The molecule has 0 saturated carbocycles. The molecule has 0 heterocycles. The third-order valence-corrected chi connectivity index (χ3v) is 3.84. The fraction of sp³-hybridized carbons (Fsp3) is 0.316. The molecule has 0 atom stereocenters. The number of carbonyl (C=O) groups is 1. The van der Waals surface area contributed by atoms with Gasteiger partial charge >= 0.3 is 0 Å². The fourth-order valence-electron chi connectivity index (χ4n) is 2.39. The number of nitrogens with zero attached hydrogens (tertiary/aromatic N) is 1. The highest BCUT2D eigenvalue weighted by atomic mass is 16.2. The summed E-state index contributed by atoms with van der Waals surface area (Å²) < 4.78 is 0. The second-order valence-electron chi connectivity index (χ2n) is 6.11. The highest BCUT2D eigenvalue weighted by Gasteiger charge is 2.15. The Hall–Kier alpha value is -2.33. The summed E-state index contributed by atoms with van der Waals surface area (Å²) in [6.07, 6.45) is 0. The number of aryl methyl sites for hydroxylation is 1. The Labute approximate surface area is 138 Å². The van der Waals surface area contributed by atoms with Crippen LogP contribution in [0, 0.1) is 6.92 Å². The van der Waals surface area contributed by atoms with E-state index in [1.54, 1.807) is 6.07 Å². The first-order chi connectivity index (χ1) is 11.0. The molecular formula is C19H25N3O. The topological polar surface area (TPSA) is 58.4 Å². The van der Waals surface area contributed by atoms with Crippen molar-refractivity contribution in [2.75, 3.05) is 17.6 Å². The summed E-state index contributed by atoms with van der Waals surface area (Å²) in [6, 6.07) is 16.0. The number of nitrogens with two attached hydrogens (primary N) is 1. The van der Waals surface area contributed by atoms with Gasteiger partial charge < -0.3 is 11.1 Å². The SMILES string of the molecule is Cc1ccc(N)cc1NC(=O)CN(Cc1ccccc1)C(C)C. The monoisotopic (exact) mass is 311 g/mol. The highest BCUT2D eigenvalue weighted by Crippen LogP contribution is 2.18. The zero-order valence-corrected chi connectivity index (χ0v) is 14.0. The van der Waals surface area contributed by atoms with Crippen LogP contribution in [-0.2, 0) is 11.3 Å². The minimum atomic E-state index is -0.0247. The lowest BCUT2D eigenvalue weighted by atomic mass is 10.1. The molecule has 0 spiro atoms. The molecule has 0 aliphatic heterocycles. The van der Waals surface area contributed by atoms with Gasteiger partial charge in [0.15, 0.2) is 0 Å². The van der Waals surface area contributed by atoms with E-state index in [1.165, 1.54) is 5.56 Å². The van der Waals surface area contributed by atoms with Crippen LogP contribution in [0.1, 0.15) is 25.0 Å². The molecule has 0 aliphatic rings. The zero-order valence-electron chi connectivity index (χ0n) is 14.0. The Morgan fingerprint density at radius 2 is 1.87 bits per heavy atom. The van der Waals surface area contributed by atoms with E-state index in [-0.39, 0.29) is 11.9 Å². The van der Waals surface area contributed by atoms with Gasteiger partial charge in [0.05, 0.1) is 6.54 Å². The van der Waals surface area contributed by atoms with Crippen molar-refractivity contribution in [2.45, 2.75) is 33.4 Å². The third kappa shape index (κ3) is 5.11. The maximum absolute atomic E-state index is 12.4. The smallest absolute Gasteiger partial charge is 0.238 e. The molecule has 2 aromatic rings. The summed E-state index contributed by atoms with van der Waals surface area (Å²) in [4.78, 5) is 14.5. The van der Waals surface area contributed by atoms with E-state index in [9.17, 15) is 4.79 Å². The van der Waals surface area contributed by atoms with Crippen LogP contribution in [0.4, 0.5) is 11.4 Å². The predicted molar refractivity (Wildman–Crippen MR) is 96.2 cm³/mol. The lowest BCUT2D eigenvalue weighted by Crippen LogP contribution is -2.37. The lowest BCUT2D eigenvalue weighted by Gasteiger charge is -2.26. The number of hydrogen-bond donors (Lipinski definition) is 2. The van der Waals surface area contributed by atoms with E-state index in [1.807, 2.05) is 37.3 Å². The molecule has 1 amide bonds. The number of anilines is 2. The number of carbonyl (C=O) groups excluding carboxylic acids is 1. The van der Waals surface area contributed by atoms with Gasteiger partial charge in [-0.15, -0.1) is 0 Å². The molecule has 0 unspecified atom stereocenters. The van der Waals surface area contributed by atoms with Gasteiger partial charge in [0.2, 0.25) is 5.91 Å². The molecule has 0 radical (unpaired) electrons. The number of amides is 1. The summed E-state index contributed by atoms with van der Waals surface area (Å²) in [5, 5.41) is 2.96. The minimum Gasteiger partial charge on any atom is -0.399 e. The molecule has 4 heteroatoms. The van der Waals surface area contributed by atoms with E-state index >= 15 is 0 Å². The number of nitrogens with one attached hydrogen (secondary N) is 1. The van der Waals surface area contributed by atoms with E-state index in [0.717, 1.165) is 17.8 Å². The minimum absolute atomic E-state index is 0.0247. The third-order valence-electron chi connectivity index (χ3n) is 3.84. The van der Waals surface area contributed by atoms with Crippen LogP contribution in [-0.4, -0.2) is 23.4 Å². The van der Waals surface area contributed by atoms with Crippen LogP contribution in [0.15, 0.2) is 48.5 Å². The van der Waals surface area contributed by atoms with Gasteiger partial charge in [-0.1, -0.05) is 36.4 Å². The Morgan fingerprint density at radius 3 is 2.52 bits per heavy atom. The maximum atomic E-state index is 12.4. The first-order valence-corrected chi connectivity index (χ1v) is 7.89. The van der Waals surface area contributed by atoms with Crippen molar-refractivity contribution in [3.63, 3.8) is 0 Å². The highest BCUT2D eigenvalue weighted by molar-refractivity contribution is 5.93. The van der Waals surface area contributed by atoms with Gasteiger partial charge in [-0.05, 0) is 44.0 Å². The molecule has 0 aliphatic carbocycles. The van der Waals surface area contributed by atoms with E-state index in [2.05, 4.69) is 36.2 Å². The Balaban J connectivity index is 2.02. The van der Waals surface area contributed by atoms with E-state index in [0.29, 0.717) is 12.2 Å². The Morgan fingerprint density at radius 1 is 1.17 bits per heavy atom. The molecule has 0 saturated heterocycles. The van der Waals surface area contributed by atoms with Crippen molar-refractivity contribution in [1.29, 1.82) is 0 Å². The standard InChI is InChI=1S/C19H25N3O/c1-14(2)22(12-16-7-5-4-6-8-16)13-19(23)21-18-11-17(20)10-9-15(18)3/h4-11,14H,12-13,20H2,1-3H3,(H,21,23). The molecular weight excluding hydrogens is 286 g/mol. The number of benzene rings is 2. The zero-order chi connectivity index (χ0) is 16.8. The van der Waals surface area contributed by atoms with E-state index in [4.69, 9.17) is 5.73 Å². The van der Waals surface area contributed by atoms with Crippen LogP contribution in [0.2, 0.25) is 0 Å². The summed E-state index contributed by atoms with van der Waals surface area (Å²) in [5.41, 5.74) is 9.43. The van der Waals surface area contributed by atoms with Gasteiger partial charge in [0, 0.05) is 24.0 Å². The van der Waals surface area contributed by atoms with Crippen LogP contribution in [0.3, 0.4) is 0 Å². The Bertz CT molecular complexity index is 653. The predicted octanol–water partition coefficient (Wildman–Crippen LogP) is 3.43. The van der Waals surface area contributed by atoms with Crippen LogP contribution >= 0.6 is 0 Å². The quantitative estimate of drug-likeness (QED) is 0.804. The van der Waals surface area contributed by atoms with Gasteiger partial charge in [0.25, 0.3) is 0 Å². The van der Waals surface area contributed by atoms with Crippen molar-refractivity contribution in [1.82, 2.24) is 4.90 Å². The normalized spacial score (nSPS) is 11.0. The maximum Gasteiger partial charge on any atom is 0.238 e. The molecule has 0 aromatic heterocycles. The first-order valence-electron chi connectivity index (χ1n) is 7.89. The van der Waals surface area contributed by atoms with Crippen molar-refractivity contribution in [2.24, 2.45) is 0 Å². The van der Waals surface area contributed by atoms with Gasteiger partial charge in [-0.25, -0.2) is 0 Å².